The molecular formula is C15H18BrN3O. The Bertz CT molecular complexity index is 604. The number of aromatic nitrogens is 2. The summed E-state index contributed by atoms with van der Waals surface area (Å²) < 4.78 is 2.79. The van der Waals surface area contributed by atoms with Gasteiger partial charge in [-0.05, 0) is 44.5 Å². The first-order chi connectivity index (χ1) is 9.52. The van der Waals surface area contributed by atoms with E-state index in [-0.39, 0.29) is 11.9 Å². The van der Waals surface area contributed by atoms with Gasteiger partial charge in [-0.15, -0.1) is 0 Å². The molecule has 2 aromatic rings. The van der Waals surface area contributed by atoms with Crippen LogP contribution in [0.2, 0.25) is 0 Å². The summed E-state index contributed by atoms with van der Waals surface area (Å²) in [5.41, 5.74) is 2.40. The molecular weight excluding hydrogens is 318 g/mol. The van der Waals surface area contributed by atoms with Crippen LogP contribution in [-0.4, -0.2) is 21.7 Å². The van der Waals surface area contributed by atoms with Gasteiger partial charge in [0.15, 0.2) is 0 Å². The van der Waals surface area contributed by atoms with Gasteiger partial charge in [-0.1, -0.05) is 22.9 Å². The minimum absolute atomic E-state index is 0.0692. The van der Waals surface area contributed by atoms with Crippen LogP contribution in [-0.2, 0) is 0 Å². The van der Waals surface area contributed by atoms with Crippen molar-refractivity contribution in [3.63, 3.8) is 0 Å². The Balaban J connectivity index is 2.27. The summed E-state index contributed by atoms with van der Waals surface area (Å²) in [6.45, 7) is 5.94. The molecule has 0 fully saturated rings. The first-order valence-corrected chi connectivity index (χ1v) is 7.43. The Labute approximate surface area is 127 Å². The van der Waals surface area contributed by atoms with E-state index in [1.807, 2.05) is 45.0 Å². The van der Waals surface area contributed by atoms with E-state index in [1.165, 1.54) is 0 Å². The van der Waals surface area contributed by atoms with Crippen LogP contribution in [0.4, 0.5) is 0 Å². The molecule has 1 atom stereocenters. The van der Waals surface area contributed by atoms with E-state index in [1.54, 1.807) is 10.9 Å². The van der Waals surface area contributed by atoms with Crippen molar-refractivity contribution in [3.05, 3.63) is 46.2 Å². The fraction of sp³-hybridized carbons (Fsp3) is 0.333. The molecule has 1 unspecified atom stereocenters. The first-order valence-electron chi connectivity index (χ1n) is 6.64. The van der Waals surface area contributed by atoms with Crippen LogP contribution in [0.25, 0.3) is 5.69 Å². The number of benzene rings is 1. The molecule has 2 rings (SSSR count). The fourth-order valence-electron chi connectivity index (χ4n) is 1.88. The van der Waals surface area contributed by atoms with Gasteiger partial charge < -0.3 is 5.32 Å². The third-order valence-electron chi connectivity index (χ3n) is 3.32. The maximum absolute atomic E-state index is 12.2. The molecule has 0 radical (unpaired) electrons. The molecule has 5 heteroatoms. The minimum atomic E-state index is -0.0692. The Morgan fingerprint density at radius 1 is 1.40 bits per heavy atom. The molecule has 1 N–H and O–H groups in total. The molecule has 106 valence electrons. The third kappa shape index (κ3) is 3.10. The van der Waals surface area contributed by atoms with Gasteiger partial charge in [-0.25, -0.2) is 4.68 Å². The third-order valence-corrected chi connectivity index (χ3v) is 3.84. The zero-order chi connectivity index (χ0) is 14.7. The second-order valence-corrected chi connectivity index (χ2v) is 5.73. The van der Waals surface area contributed by atoms with Crippen molar-refractivity contribution in [1.29, 1.82) is 0 Å². The number of carbonyl (C=O) groups is 1. The predicted octanol–water partition coefficient (Wildman–Crippen LogP) is 3.47. The largest absolute Gasteiger partial charge is 0.349 e. The van der Waals surface area contributed by atoms with E-state index in [4.69, 9.17) is 0 Å². The predicted molar refractivity (Wildman–Crippen MR) is 83.2 cm³/mol. The molecule has 20 heavy (non-hydrogen) atoms. The van der Waals surface area contributed by atoms with Crippen molar-refractivity contribution >= 4 is 21.8 Å². The summed E-state index contributed by atoms with van der Waals surface area (Å²) in [7, 11) is 0. The molecule has 1 heterocycles. The Morgan fingerprint density at radius 3 is 2.65 bits per heavy atom. The van der Waals surface area contributed by atoms with Gasteiger partial charge in [0, 0.05) is 10.5 Å². The summed E-state index contributed by atoms with van der Waals surface area (Å²) in [4.78, 5) is 12.2. The number of halogens is 1. The lowest BCUT2D eigenvalue weighted by Gasteiger charge is -2.11. The summed E-state index contributed by atoms with van der Waals surface area (Å²) >= 11 is 3.41. The van der Waals surface area contributed by atoms with Gasteiger partial charge in [0.1, 0.15) is 0 Å². The van der Waals surface area contributed by atoms with Crippen LogP contribution in [0.1, 0.15) is 36.3 Å². The molecule has 0 saturated carbocycles. The maximum atomic E-state index is 12.2. The van der Waals surface area contributed by atoms with Crippen molar-refractivity contribution in [1.82, 2.24) is 15.1 Å². The highest BCUT2D eigenvalue weighted by molar-refractivity contribution is 9.10. The summed E-state index contributed by atoms with van der Waals surface area (Å²) in [5, 5.41) is 7.27. The zero-order valence-electron chi connectivity index (χ0n) is 11.9. The van der Waals surface area contributed by atoms with Gasteiger partial charge in [0.25, 0.3) is 5.91 Å². The minimum Gasteiger partial charge on any atom is -0.349 e. The highest BCUT2D eigenvalue weighted by Gasteiger charge is 2.16. The van der Waals surface area contributed by atoms with E-state index in [9.17, 15) is 4.79 Å². The average molecular weight is 336 g/mol. The van der Waals surface area contributed by atoms with Crippen molar-refractivity contribution < 1.29 is 4.79 Å². The van der Waals surface area contributed by atoms with Crippen LogP contribution in [0.15, 0.2) is 34.9 Å². The van der Waals surface area contributed by atoms with Gasteiger partial charge in [-0.3, -0.25) is 4.79 Å². The molecule has 0 saturated heterocycles. The van der Waals surface area contributed by atoms with Crippen molar-refractivity contribution in [2.45, 2.75) is 33.2 Å². The highest BCUT2D eigenvalue weighted by Crippen LogP contribution is 2.17. The Hall–Kier alpha value is -1.62. The number of hydrogen-bond acceptors (Lipinski definition) is 2. The van der Waals surface area contributed by atoms with Crippen molar-refractivity contribution in [2.75, 3.05) is 0 Å². The molecule has 0 bridgehead atoms. The fourth-order valence-corrected chi connectivity index (χ4v) is 2.14. The quantitative estimate of drug-likeness (QED) is 0.929. The molecule has 0 aliphatic rings. The monoisotopic (exact) mass is 335 g/mol. The van der Waals surface area contributed by atoms with Gasteiger partial charge in [0.05, 0.1) is 23.1 Å². The van der Waals surface area contributed by atoms with Crippen molar-refractivity contribution in [2.24, 2.45) is 0 Å². The second-order valence-electron chi connectivity index (χ2n) is 4.81. The topological polar surface area (TPSA) is 46.9 Å². The first kappa shape index (κ1) is 14.8. The van der Waals surface area contributed by atoms with Crippen LogP contribution in [0, 0.1) is 6.92 Å². The van der Waals surface area contributed by atoms with E-state index in [0.717, 1.165) is 22.3 Å². The second kappa shape index (κ2) is 6.22. The van der Waals surface area contributed by atoms with Crippen LogP contribution in [0.5, 0.6) is 0 Å². The van der Waals surface area contributed by atoms with Crippen molar-refractivity contribution in [3.8, 4) is 5.69 Å². The van der Waals surface area contributed by atoms with Crippen LogP contribution in [0.3, 0.4) is 0 Å². The number of carbonyl (C=O) groups excluding carboxylic acids is 1. The number of hydrogen-bond donors (Lipinski definition) is 1. The molecule has 1 aromatic heterocycles. The molecule has 0 aliphatic heterocycles. The molecule has 4 nitrogen and oxygen atoms in total. The van der Waals surface area contributed by atoms with E-state index >= 15 is 0 Å². The molecule has 0 spiro atoms. The number of nitrogens with zero attached hydrogens (tertiary/aromatic N) is 2. The smallest absolute Gasteiger partial charge is 0.254 e. The molecule has 1 amide bonds. The highest BCUT2D eigenvalue weighted by atomic mass is 79.9. The zero-order valence-corrected chi connectivity index (χ0v) is 13.4. The van der Waals surface area contributed by atoms with Crippen LogP contribution >= 0.6 is 15.9 Å². The lowest BCUT2D eigenvalue weighted by atomic mass is 10.2. The summed E-state index contributed by atoms with van der Waals surface area (Å²) in [6.07, 6.45) is 2.53. The van der Waals surface area contributed by atoms with Gasteiger partial charge in [-0.2, -0.15) is 5.10 Å². The van der Waals surface area contributed by atoms with Gasteiger partial charge in [0.2, 0.25) is 0 Å². The Morgan fingerprint density at radius 2 is 2.05 bits per heavy atom. The number of nitrogens with one attached hydrogen (secondary N) is 1. The van der Waals surface area contributed by atoms with E-state index < -0.39 is 0 Å². The number of rotatable bonds is 4. The average Bonchev–Trinajstić information content (AvgIpc) is 2.81. The van der Waals surface area contributed by atoms with E-state index in [0.29, 0.717) is 5.56 Å². The molecule has 0 aliphatic carbocycles. The lowest BCUT2D eigenvalue weighted by molar-refractivity contribution is 0.0938. The summed E-state index contributed by atoms with van der Waals surface area (Å²) in [6, 6.07) is 7.99. The van der Waals surface area contributed by atoms with E-state index in [2.05, 4.69) is 26.3 Å². The number of amides is 1. The van der Waals surface area contributed by atoms with Crippen LogP contribution < -0.4 is 5.32 Å². The Kier molecular flexibility index (Phi) is 4.60. The maximum Gasteiger partial charge on any atom is 0.254 e. The molecule has 1 aromatic carbocycles. The summed E-state index contributed by atoms with van der Waals surface area (Å²) in [5.74, 6) is -0.0692. The normalized spacial score (nSPS) is 12.2. The SMILES string of the molecule is CCC(C)NC(=O)c1cnn(-c2ccc(Br)cc2)c1C. The lowest BCUT2D eigenvalue weighted by Crippen LogP contribution is -2.32. The van der Waals surface area contributed by atoms with Gasteiger partial charge >= 0.3 is 0 Å². The standard InChI is InChI=1S/C15H18BrN3O/c1-4-10(2)18-15(20)14-9-17-19(11(14)3)13-7-5-12(16)6-8-13/h5-10H,4H2,1-3H3,(H,18,20).